The zero-order chi connectivity index (χ0) is 31.8. The van der Waals surface area contributed by atoms with Crippen LogP contribution in [0, 0.1) is 6.92 Å². The molecule has 0 spiro atoms. The number of ether oxygens (including phenoxy) is 9. The van der Waals surface area contributed by atoms with Crippen molar-refractivity contribution in [3.8, 4) is 0 Å². The van der Waals surface area contributed by atoms with Crippen LogP contribution in [0.1, 0.15) is 38.2 Å². The van der Waals surface area contributed by atoms with Gasteiger partial charge in [-0.25, -0.2) is 0 Å². The molecule has 0 heterocycles. The molecule has 1 aromatic carbocycles. The van der Waals surface area contributed by atoms with Crippen LogP contribution in [0.2, 0.25) is 0 Å². The highest BCUT2D eigenvalue weighted by Gasteiger charge is 2.14. The Kier molecular flexibility index (Phi) is 28.2. The molecule has 0 fully saturated rings. The van der Waals surface area contributed by atoms with E-state index in [0.29, 0.717) is 106 Å². The monoisotopic (exact) mass is 652 g/mol. The van der Waals surface area contributed by atoms with Gasteiger partial charge in [0.05, 0.1) is 124 Å². The van der Waals surface area contributed by atoms with Crippen molar-refractivity contribution >= 4 is 10.1 Å². The molecule has 0 aromatic heterocycles. The predicted molar refractivity (Wildman–Crippen MR) is 166 cm³/mol. The Bertz CT molecular complexity index is 839. The Balaban J connectivity index is 1.69. The molecule has 0 aliphatic rings. The molecule has 0 saturated carbocycles. The fraction of sp³-hybridized carbons (Fsp3) is 0.806. The number of unbranched alkanes of at least 4 members (excludes halogenated alkanes) is 3. The van der Waals surface area contributed by atoms with Gasteiger partial charge in [-0.15, -0.1) is 0 Å². The van der Waals surface area contributed by atoms with Crippen LogP contribution in [0.5, 0.6) is 0 Å². The molecular weight excluding hydrogens is 596 g/mol. The summed E-state index contributed by atoms with van der Waals surface area (Å²) in [5.74, 6) is 0. The normalized spacial score (nSPS) is 11.9. The third-order valence-electron chi connectivity index (χ3n) is 5.89. The maximum atomic E-state index is 12.1. The van der Waals surface area contributed by atoms with Crippen LogP contribution in [-0.2, 0) is 56.9 Å². The van der Waals surface area contributed by atoms with E-state index in [9.17, 15) is 8.42 Å². The first-order chi connectivity index (χ1) is 21.6. The highest BCUT2D eigenvalue weighted by atomic mass is 32.2. The zero-order valence-electron chi connectivity index (χ0n) is 26.9. The Morgan fingerprint density at radius 2 is 0.750 bits per heavy atom. The molecule has 0 unspecified atom stereocenters. The van der Waals surface area contributed by atoms with E-state index in [2.05, 4.69) is 6.92 Å². The maximum absolute atomic E-state index is 12.1. The SMILES string of the molecule is CCCCCCOCCOCCOCCOCCOCCOCCOCCOCCOCCOS(=O)(=O)c1ccc(C)cc1. The summed E-state index contributed by atoms with van der Waals surface area (Å²) in [7, 11) is -3.77. The molecule has 0 saturated heterocycles. The highest BCUT2D eigenvalue weighted by molar-refractivity contribution is 7.86. The standard InChI is InChI=1S/C31H56O12S/c1-3-4-5-6-11-34-12-13-35-14-15-36-16-17-37-18-19-38-20-21-39-22-23-40-24-25-41-26-27-42-28-29-43-44(32,33)31-9-7-30(2)8-10-31/h7-10H,3-6,11-29H2,1-2H3. The Morgan fingerprint density at radius 1 is 0.432 bits per heavy atom. The second kappa shape index (κ2) is 30.4. The summed E-state index contributed by atoms with van der Waals surface area (Å²) < 4.78 is 78.2. The number of rotatable bonds is 34. The molecule has 0 aliphatic carbocycles. The van der Waals surface area contributed by atoms with E-state index < -0.39 is 10.1 Å². The maximum Gasteiger partial charge on any atom is 0.297 e. The lowest BCUT2D eigenvalue weighted by atomic mass is 10.2. The predicted octanol–water partition coefficient (Wildman–Crippen LogP) is 3.43. The Labute approximate surface area is 265 Å². The van der Waals surface area contributed by atoms with Crippen LogP contribution in [0.15, 0.2) is 29.2 Å². The van der Waals surface area contributed by atoms with Crippen molar-refractivity contribution < 1.29 is 55.2 Å². The zero-order valence-corrected chi connectivity index (χ0v) is 27.7. The van der Waals surface area contributed by atoms with Crippen molar-refractivity contribution in [2.75, 3.05) is 126 Å². The van der Waals surface area contributed by atoms with E-state index in [1.165, 1.54) is 31.4 Å². The van der Waals surface area contributed by atoms with Crippen molar-refractivity contribution in [3.63, 3.8) is 0 Å². The topological polar surface area (TPSA) is 126 Å². The molecule has 13 heteroatoms. The second-order valence-electron chi connectivity index (χ2n) is 9.66. The van der Waals surface area contributed by atoms with E-state index >= 15 is 0 Å². The summed E-state index contributed by atoms with van der Waals surface area (Å²) >= 11 is 0. The summed E-state index contributed by atoms with van der Waals surface area (Å²) in [5, 5.41) is 0. The van der Waals surface area contributed by atoms with Crippen LogP contribution in [-0.4, -0.2) is 134 Å². The Hall–Kier alpha value is -1.23. The smallest absolute Gasteiger partial charge is 0.297 e. The van der Waals surface area contributed by atoms with E-state index in [4.69, 9.17) is 46.8 Å². The fourth-order valence-corrected chi connectivity index (χ4v) is 4.36. The molecular formula is C31H56O12S. The molecule has 0 atom stereocenters. The van der Waals surface area contributed by atoms with Crippen LogP contribution in [0.3, 0.4) is 0 Å². The number of hydrogen-bond acceptors (Lipinski definition) is 12. The quantitative estimate of drug-likeness (QED) is 0.0800. The van der Waals surface area contributed by atoms with Gasteiger partial charge in [0.2, 0.25) is 0 Å². The lowest BCUT2D eigenvalue weighted by Crippen LogP contribution is -2.15. The fourth-order valence-electron chi connectivity index (χ4n) is 3.47. The van der Waals surface area contributed by atoms with Crippen molar-refractivity contribution in [3.05, 3.63) is 29.8 Å². The molecule has 0 aliphatic heterocycles. The molecule has 1 aromatic rings. The first-order valence-corrected chi connectivity index (χ1v) is 17.1. The molecule has 0 radical (unpaired) electrons. The highest BCUT2D eigenvalue weighted by Crippen LogP contribution is 2.12. The molecule has 0 N–H and O–H groups in total. The van der Waals surface area contributed by atoms with Gasteiger partial charge < -0.3 is 42.6 Å². The molecule has 1 rings (SSSR count). The van der Waals surface area contributed by atoms with Gasteiger partial charge in [0.15, 0.2) is 0 Å². The van der Waals surface area contributed by atoms with Gasteiger partial charge in [0.25, 0.3) is 10.1 Å². The first-order valence-electron chi connectivity index (χ1n) is 15.7. The summed E-state index contributed by atoms with van der Waals surface area (Å²) in [6.45, 7) is 12.9. The van der Waals surface area contributed by atoms with Crippen LogP contribution < -0.4 is 0 Å². The van der Waals surface area contributed by atoms with E-state index in [1.807, 2.05) is 6.92 Å². The van der Waals surface area contributed by atoms with Gasteiger partial charge >= 0.3 is 0 Å². The first kappa shape index (κ1) is 40.8. The van der Waals surface area contributed by atoms with Crippen LogP contribution in [0.25, 0.3) is 0 Å². The molecule has 0 bridgehead atoms. The summed E-state index contributed by atoms with van der Waals surface area (Å²) in [5.41, 5.74) is 0.978. The van der Waals surface area contributed by atoms with Crippen molar-refractivity contribution in [1.29, 1.82) is 0 Å². The summed E-state index contributed by atoms with van der Waals surface area (Å²) in [4.78, 5) is 0.131. The van der Waals surface area contributed by atoms with Gasteiger partial charge in [-0.05, 0) is 25.5 Å². The average Bonchev–Trinajstić information content (AvgIpc) is 3.02. The minimum atomic E-state index is -3.77. The lowest BCUT2D eigenvalue weighted by molar-refractivity contribution is -0.0254. The van der Waals surface area contributed by atoms with Gasteiger partial charge in [-0.1, -0.05) is 43.9 Å². The Morgan fingerprint density at radius 3 is 1.09 bits per heavy atom. The van der Waals surface area contributed by atoms with Crippen molar-refractivity contribution in [2.45, 2.75) is 44.4 Å². The van der Waals surface area contributed by atoms with Gasteiger partial charge in [-0.3, -0.25) is 4.18 Å². The molecule has 44 heavy (non-hydrogen) atoms. The molecule has 258 valence electrons. The average molecular weight is 653 g/mol. The minimum Gasteiger partial charge on any atom is -0.379 e. The van der Waals surface area contributed by atoms with Crippen molar-refractivity contribution in [2.24, 2.45) is 0 Å². The number of benzene rings is 1. The summed E-state index contributed by atoms with van der Waals surface area (Å²) in [6, 6.07) is 6.49. The van der Waals surface area contributed by atoms with E-state index in [0.717, 1.165) is 18.6 Å². The molecule has 0 amide bonds. The summed E-state index contributed by atoms with van der Waals surface area (Å²) in [6.07, 6.45) is 4.87. The van der Waals surface area contributed by atoms with Crippen LogP contribution >= 0.6 is 0 Å². The van der Waals surface area contributed by atoms with E-state index in [-0.39, 0.29) is 18.1 Å². The second-order valence-corrected chi connectivity index (χ2v) is 11.3. The largest absolute Gasteiger partial charge is 0.379 e. The molecule has 12 nitrogen and oxygen atoms in total. The van der Waals surface area contributed by atoms with E-state index in [1.54, 1.807) is 12.1 Å². The third kappa shape index (κ3) is 26.0. The van der Waals surface area contributed by atoms with Crippen LogP contribution in [0.4, 0.5) is 0 Å². The van der Waals surface area contributed by atoms with Gasteiger partial charge in [0, 0.05) is 6.61 Å². The minimum absolute atomic E-state index is 0.0547. The van der Waals surface area contributed by atoms with Gasteiger partial charge in [-0.2, -0.15) is 8.42 Å². The van der Waals surface area contributed by atoms with Crippen molar-refractivity contribution in [1.82, 2.24) is 0 Å². The third-order valence-corrected chi connectivity index (χ3v) is 7.22. The number of aryl methyl sites for hydroxylation is 1. The van der Waals surface area contributed by atoms with Gasteiger partial charge in [0.1, 0.15) is 0 Å². The number of hydrogen-bond donors (Lipinski definition) is 0. The lowest BCUT2D eigenvalue weighted by Gasteiger charge is -2.09.